The first-order valence-electron chi connectivity index (χ1n) is 7.03. The average molecular weight is 383 g/mol. The first kappa shape index (κ1) is 17.4. The van der Waals surface area contributed by atoms with Gasteiger partial charge in [0.2, 0.25) is 0 Å². The molecule has 1 aromatic heterocycles. The molecule has 0 saturated heterocycles. The van der Waals surface area contributed by atoms with Gasteiger partial charge in [-0.15, -0.1) is 11.3 Å². The smallest absolute Gasteiger partial charge is 0.298 e. The van der Waals surface area contributed by atoms with Crippen LogP contribution in [0.5, 0.6) is 0 Å². The molecule has 0 unspecified atom stereocenters. The molecule has 0 spiro atoms. The Kier molecular flexibility index (Phi) is 4.78. The zero-order valence-corrected chi connectivity index (χ0v) is 14.0. The number of halogens is 4. The number of hydrogen-bond donors (Lipinski definition) is 1. The summed E-state index contributed by atoms with van der Waals surface area (Å²) in [5.41, 5.74) is 0.303. The Balaban J connectivity index is 1.80. The van der Waals surface area contributed by atoms with Gasteiger partial charge in [0.25, 0.3) is 5.91 Å². The molecule has 1 amide bonds. The van der Waals surface area contributed by atoms with Crippen LogP contribution >= 0.6 is 22.9 Å². The summed E-state index contributed by atoms with van der Waals surface area (Å²) in [7, 11) is 0. The zero-order valence-electron chi connectivity index (χ0n) is 12.5. The van der Waals surface area contributed by atoms with E-state index in [4.69, 9.17) is 11.6 Å². The summed E-state index contributed by atoms with van der Waals surface area (Å²) >= 11 is 6.97. The molecule has 8 heteroatoms. The number of benzene rings is 2. The lowest BCUT2D eigenvalue weighted by molar-refractivity contribution is -0.137. The second-order valence-corrected chi connectivity index (χ2v) is 6.38. The fourth-order valence-electron chi connectivity index (χ4n) is 2.12. The van der Waals surface area contributed by atoms with Crippen molar-refractivity contribution in [3.8, 4) is 11.3 Å². The van der Waals surface area contributed by atoms with Crippen LogP contribution in [0.15, 0.2) is 53.9 Å². The second kappa shape index (κ2) is 6.85. The maximum atomic E-state index is 12.8. The van der Waals surface area contributed by atoms with E-state index in [1.165, 1.54) is 18.2 Å². The van der Waals surface area contributed by atoms with Crippen molar-refractivity contribution in [3.63, 3.8) is 0 Å². The lowest BCUT2D eigenvalue weighted by atomic mass is 10.1. The molecule has 1 heterocycles. The molecule has 0 bridgehead atoms. The van der Waals surface area contributed by atoms with Crippen LogP contribution in [-0.4, -0.2) is 10.9 Å². The lowest BCUT2D eigenvalue weighted by Crippen LogP contribution is -2.11. The number of aromatic nitrogens is 1. The van der Waals surface area contributed by atoms with Crippen molar-refractivity contribution in [2.45, 2.75) is 6.18 Å². The first-order valence-corrected chi connectivity index (χ1v) is 8.29. The van der Waals surface area contributed by atoms with Gasteiger partial charge >= 0.3 is 6.18 Å². The standard InChI is InChI=1S/C17H10ClF3N2OS/c18-13-6-2-4-11(8-13)15(24)23-16-22-14(9-25-16)10-3-1-5-12(7-10)17(19,20)21/h1-9H,(H,22,23,24). The minimum absolute atomic E-state index is 0.289. The number of thiazole rings is 1. The third-order valence-electron chi connectivity index (χ3n) is 3.30. The Bertz CT molecular complexity index is 924. The molecule has 0 saturated carbocycles. The van der Waals surface area contributed by atoms with Crippen LogP contribution in [0.1, 0.15) is 15.9 Å². The number of hydrogen-bond acceptors (Lipinski definition) is 3. The number of nitrogens with zero attached hydrogens (tertiary/aromatic N) is 1. The van der Waals surface area contributed by atoms with Crippen LogP contribution < -0.4 is 5.32 Å². The van der Waals surface area contributed by atoms with Crippen molar-refractivity contribution in [3.05, 3.63) is 70.1 Å². The molecule has 0 aliphatic carbocycles. The number of anilines is 1. The normalized spacial score (nSPS) is 11.4. The fourth-order valence-corrected chi connectivity index (χ4v) is 3.02. The van der Waals surface area contributed by atoms with Gasteiger partial charge in [0.05, 0.1) is 11.3 Å². The molecule has 0 atom stereocenters. The quantitative estimate of drug-likeness (QED) is 0.628. The van der Waals surface area contributed by atoms with Crippen molar-refractivity contribution < 1.29 is 18.0 Å². The van der Waals surface area contributed by atoms with Crippen LogP contribution in [0.25, 0.3) is 11.3 Å². The maximum absolute atomic E-state index is 12.8. The molecule has 0 fully saturated rings. The summed E-state index contributed by atoms with van der Waals surface area (Å²) in [5, 5.41) is 4.91. The Hall–Kier alpha value is -2.38. The summed E-state index contributed by atoms with van der Waals surface area (Å²) in [6.45, 7) is 0. The molecular weight excluding hydrogens is 373 g/mol. The summed E-state index contributed by atoms with van der Waals surface area (Å²) in [6, 6.07) is 11.3. The Labute approximate surface area is 150 Å². The molecule has 128 valence electrons. The van der Waals surface area contributed by atoms with Crippen LogP contribution in [-0.2, 0) is 6.18 Å². The molecule has 0 aliphatic rings. The Morgan fingerprint density at radius 1 is 1.12 bits per heavy atom. The summed E-state index contributed by atoms with van der Waals surface area (Å²) in [4.78, 5) is 16.3. The van der Waals surface area contributed by atoms with Gasteiger partial charge in [0, 0.05) is 21.5 Å². The third-order valence-corrected chi connectivity index (χ3v) is 4.29. The maximum Gasteiger partial charge on any atom is 0.416 e. The average Bonchev–Trinajstić information content (AvgIpc) is 3.03. The highest BCUT2D eigenvalue weighted by Gasteiger charge is 2.30. The topological polar surface area (TPSA) is 42.0 Å². The Morgan fingerprint density at radius 2 is 1.88 bits per heavy atom. The minimum atomic E-state index is -4.42. The molecule has 0 aliphatic heterocycles. The van der Waals surface area contributed by atoms with Crippen molar-refractivity contribution in [2.75, 3.05) is 5.32 Å². The van der Waals surface area contributed by atoms with Gasteiger partial charge in [0.15, 0.2) is 5.13 Å². The lowest BCUT2D eigenvalue weighted by Gasteiger charge is -2.07. The highest BCUT2D eigenvalue weighted by atomic mass is 35.5. The van der Waals surface area contributed by atoms with E-state index in [0.717, 1.165) is 23.5 Å². The van der Waals surface area contributed by atoms with E-state index >= 15 is 0 Å². The molecule has 3 nitrogen and oxygen atoms in total. The zero-order chi connectivity index (χ0) is 18.0. The molecule has 1 N–H and O–H groups in total. The monoisotopic (exact) mass is 382 g/mol. The van der Waals surface area contributed by atoms with Crippen molar-refractivity contribution in [2.24, 2.45) is 0 Å². The summed E-state index contributed by atoms with van der Waals surface area (Å²) < 4.78 is 38.4. The van der Waals surface area contributed by atoms with Gasteiger partial charge in [-0.05, 0) is 30.3 Å². The van der Waals surface area contributed by atoms with E-state index in [0.29, 0.717) is 21.8 Å². The first-order chi connectivity index (χ1) is 11.8. The highest BCUT2D eigenvalue weighted by molar-refractivity contribution is 7.14. The van der Waals surface area contributed by atoms with Crippen molar-refractivity contribution in [1.29, 1.82) is 0 Å². The number of carbonyl (C=O) groups is 1. The minimum Gasteiger partial charge on any atom is -0.298 e. The van der Waals surface area contributed by atoms with Gasteiger partial charge in [0.1, 0.15) is 0 Å². The van der Waals surface area contributed by atoms with Gasteiger partial charge in [-0.1, -0.05) is 29.8 Å². The van der Waals surface area contributed by atoms with E-state index < -0.39 is 17.6 Å². The number of alkyl halides is 3. The predicted molar refractivity (Wildman–Crippen MR) is 92.0 cm³/mol. The fraction of sp³-hybridized carbons (Fsp3) is 0.0588. The van der Waals surface area contributed by atoms with E-state index in [2.05, 4.69) is 10.3 Å². The second-order valence-electron chi connectivity index (χ2n) is 5.08. The van der Waals surface area contributed by atoms with E-state index in [9.17, 15) is 18.0 Å². The van der Waals surface area contributed by atoms with Crippen molar-refractivity contribution >= 4 is 34.0 Å². The molecule has 3 aromatic rings. The van der Waals surface area contributed by atoms with E-state index in [1.54, 1.807) is 23.6 Å². The number of amides is 1. The van der Waals surface area contributed by atoms with Gasteiger partial charge in [-0.2, -0.15) is 13.2 Å². The van der Waals surface area contributed by atoms with Crippen LogP contribution in [0.2, 0.25) is 5.02 Å². The molecular formula is C17H10ClF3N2OS. The van der Waals surface area contributed by atoms with Crippen LogP contribution in [0, 0.1) is 0 Å². The van der Waals surface area contributed by atoms with Gasteiger partial charge < -0.3 is 0 Å². The SMILES string of the molecule is O=C(Nc1nc(-c2cccc(C(F)(F)F)c2)cs1)c1cccc(Cl)c1. The van der Waals surface area contributed by atoms with Crippen LogP contribution in [0.4, 0.5) is 18.3 Å². The predicted octanol–water partition coefficient (Wildman–Crippen LogP) is 5.73. The molecule has 2 aromatic carbocycles. The van der Waals surface area contributed by atoms with E-state index in [-0.39, 0.29) is 5.13 Å². The summed E-state index contributed by atoms with van der Waals surface area (Å²) in [6.07, 6.45) is -4.42. The molecule has 0 radical (unpaired) electrons. The largest absolute Gasteiger partial charge is 0.416 e. The third kappa shape index (κ3) is 4.18. The van der Waals surface area contributed by atoms with Crippen LogP contribution in [0.3, 0.4) is 0 Å². The highest BCUT2D eigenvalue weighted by Crippen LogP contribution is 2.33. The summed E-state index contributed by atoms with van der Waals surface area (Å²) in [5.74, 6) is -0.396. The Morgan fingerprint density at radius 3 is 2.60 bits per heavy atom. The number of rotatable bonds is 3. The van der Waals surface area contributed by atoms with Gasteiger partial charge in [-0.25, -0.2) is 4.98 Å². The number of carbonyl (C=O) groups excluding carboxylic acids is 1. The molecule has 25 heavy (non-hydrogen) atoms. The molecule has 3 rings (SSSR count). The van der Waals surface area contributed by atoms with E-state index in [1.807, 2.05) is 0 Å². The van der Waals surface area contributed by atoms with Crippen molar-refractivity contribution in [1.82, 2.24) is 4.98 Å². The number of nitrogens with one attached hydrogen (secondary N) is 1. The van der Waals surface area contributed by atoms with Gasteiger partial charge in [-0.3, -0.25) is 10.1 Å².